The summed E-state index contributed by atoms with van der Waals surface area (Å²) in [7, 11) is 0. The molecule has 1 amide bonds. The van der Waals surface area contributed by atoms with Gasteiger partial charge in [-0.3, -0.25) is 13.9 Å². The minimum absolute atomic E-state index is 0.0691. The minimum Gasteiger partial charge on any atom is -0.309 e. The Kier molecular flexibility index (Phi) is 4.66. The van der Waals surface area contributed by atoms with E-state index in [0.29, 0.717) is 17.4 Å². The molecule has 0 unspecified atom stereocenters. The second kappa shape index (κ2) is 6.88. The first kappa shape index (κ1) is 16.3. The smallest absolute Gasteiger partial charge is 0.309 e. The number of aromatic nitrogens is 3. The van der Waals surface area contributed by atoms with E-state index in [9.17, 15) is 9.59 Å². The van der Waals surface area contributed by atoms with Gasteiger partial charge in [-0.2, -0.15) is 0 Å². The molecule has 2 heterocycles. The molecule has 0 atom stereocenters. The molecular formula is C17H17ClN4O2. The monoisotopic (exact) mass is 344 g/mol. The van der Waals surface area contributed by atoms with Crippen molar-refractivity contribution in [2.75, 3.05) is 5.32 Å². The highest BCUT2D eigenvalue weighted by Gasteiger charge is 2.15. The second-order valence-electron chi connectivity index (χ2n) is 5.42. The number of pyridine rings is 1. The molecule has 3 rings (SSSR count). The minimum atomic E-state index is -0.314. The number of halogens is 1. The molecule has 3 aromatic rings. The predicted octanol–water partition coefficient (Wildman–Crippen LogP) is 2.90. The molecule has 7 heteroatoms. The fraction of sp³-hybridized carbons (Fsp3) is 0.235. The lowest BCUT2D eigenvalue weighted by molar-refractivity contribution is -0.116. The average Bonchev–Trinajstić information content (AvgIpc) is 2.83. The van der Waals surface area contributed by atoms with Gasteiger partial charge < -0.3 is 5.32 Å². The zero-order chi connectivity index (χ0) is 17.1. The molecule has 0 saturated heterocycles. The Labute approximate surface area is 143 Å². The van der Waals surface area contributed by atoms with Gasteiger partial charge in [0.25, 0.3) is 0 Å². The molecule has 124 valence electrons. The predicted molar refractivity (Wildman–Crippen MR) is 94.4 cm³/mol. The highest BCUT2D eigenvalue weighted by molar-refractivity contribution is 6.30. The molecule has 0 saturated carbocycles. The quantitative estimate of drug-likeness (QED) is 0.773. The van der Waals surface area contributed by atoms with Gasteiger partial charge in [0.1, 0.15) is 12.4 Å². The molecule has 0 radical (unpaired) electrons. The van der Waals surface area contributed by atoms with Crippen molar-refractivity contribution in [3.05, 3.63) is 58.1 Å². The van der Waals surface area contributed by atoms with Crippen molar-refractivity contribution >= 4 is 34.4 Å². The molecule has 0 bridgehead atoms. The number of aryl methyl sites for hydroxylation is 1. The fourth-order valence-corrected chi connectivity index (χ4v) is 2.75. The average molecular weight is 345 g/mol. The van der Waals surface area contributed by atoms with Crippen LogP contribution in [-0.4, -0.2) is 20.0 Å². The second-order valence-corrected chi connectivity index (χ2v) is 5.86. The first-order valence-electron chi connectivity index (χ1n) is 7.69. The maximum atomic E-state index is 12.6. The fourth-order valence-electron chi connectivity index (χ4n) is 2.64. The van der Waals surface area contributed by atoms with E-state index in [1.54, 1.807) is 16.7 Å². The van der Waals surface area contributed by atoms with E-state index in [4.69, 9.17) is 11.6 Å². The van der Waals surface area contributed by atoms with Gasteiger partial charge in [-0.1, -0.05) is 30.7 Å². The number of carbonyl (C=O) groups excluding carboxylic acids is 1. The molecule has 24 heavy (non-hydrogen) atoms. The number of nitrogens with one attached hydrogen (secondary N) is 1. The maximum absolute atomic E-state index is 12.6. The number of hydrogen-bond acceptors (Lipinski definition) is 3. The lowest BCUT2D eigenvalue weighted by Crippen LogP contribution is -2.29. The third-order valence-corrected chi connectivity index (χ3v) is 3.89. The van der Waals surface area contributed by atoms with Crippen LogP contribution in [0.5, 0.6) is 0 Å². The van der Waals surface area contributed by atoms with Crippen molar-refractivity contribution in [1.29, 1.82) is 0 Å². The van der Waals surface area contributed by atoms with Crippen LogP contribution in [-0.2, 0) is 17.9 Å². The number of anilines is 1. The number of hydrogen-bond donors (Lipinski definition) is 1. The third kappa shape index (κ3) is 3.19. The molecule has 0 aliphatic carbocycles. The SMILES string of the molecule is CCCn1c(=O)n(CC(=O)Nc2ccc(Cl)cn2)c2ccccc21. The van der Waals surface area contributed by atoms with E-state index in [1.165, 1.54) is 10.8 Å². The standard InChI is InChI=1S/C17H17ClN4O2/c1-2-9-21-13-5-3-4-6-14(13)22(17(21)24)11-16(23)20-15-8-7-12(18)10-19-15/h3-8,10H,2,9,11H2,1H3,(H,19,20,23). The number of imidazole rings is 1. The molecule has 0 spiro atoms. The largest absolute Gasteiger partial charge is 0.329 e. The van der Waals surface area contributed by atoms with Gasteiger partial charge in [0.15, 0.2) is 0 Å². The van der Waals surface area contributed by atoms with Crippen LogP contribution in [0.3, 0.4) is 0 Å². The van der Waals surface area contributed by atoms with Gasteiger partial charge >= 0.3 is 5.69 Å². The summed E-state index contributed by atoms with van der Waals surface area (Å²) in [6, 6.07) is 10.7. The Morgan fingerprint density at radius 2 is 1.88 bits per heavy atom. The number of benzene rings is 1. The Hall–Kier alpha value is -2.60. The molecule has 1 N–H and O–H groups in total. The summed E-state index contributed by atoms with van der Waals surface area (Å²) in [4.78, 5) is 28.9. The number of rotatable bonds is 5. The molecule has 1 aromatic carbocycles. The van der Waals surface area contributed by atoms with Crippen molar-refractivity contribution in [3.63, 3.8) is 0 Å². The van der Waals surface area contributed by atoms with Crippen LogP contribution < -0.4 is 11.0 Å². The Morgan fingerprint density at radius 1 is 1.17 bits per heavy atom. The van der Waals surface area contributed by atoms with Crippen molar-refractivity contribution in [2.45, 2.75) is 26.4 Å². The van der Waals surface area contributed by atoms with Gasteiger partial charge in [-0.05, 0) is 30.7 Å². The van der Waals surface area contributed by atoms with Crippen molar-refractivity contribution in [1.82, 2.24) is 14.1 Å². The Morgan fingerprint density at radius 3 is 2.50 bits per heavy atom. The van der Waals surface area contributed by atoms with Gasteiger partial charge in [0.05, 0.1) is 16.1 Å². The Balaban J connectivity index is 1.89. The van der Waals surface area contributed by atoms with E-state index in [0.717, 1.165) is 17.5 Å². The summed E-state index contributed by atoms with van der Waals surface area (Å²) < 4.78 is 3.18. The zero-order valence-corrected chi connectivity index (χ0v) is 14.0. The summed E-state index contributed by atoms with van der Waals surface area (Å²) in [6.45, 7) is 2.56. The number of para-hydroxylation sites is 2. The molecular weight excluding hydrogens is 328 g/mol. The number of carbonyl (C=O) groups is 1. The van der Waals surface area contributed by atoms with Gasteiger partial charge in [-0.15, -0.1) is 0 Å². The summed E-state index contributed by atoms with van der Waals surface area (Å²) in [5, 5.41) is 3.17. The van der Waals surface area contributed by atoms with E-state index >= 15 is 0 Å². The third-order valence-electron chi connectivity index (χ3n) is 3.67. The summed E-state index contributed by atoms with van der Waals surface area (Å²) in [5.74, 6) is 0.0843. The molecule has 0 aliphatic heterocycles. The van der Waals surface area contributed by atoms with Gasteiger partial charge in [-0.25, -0.2) is 9.78 Å². The van der Waals surface area contributed by atoms with E-state index in [1.807, 2.05) is 31.2 Å². The number of amides is 1. The van der Waals surface area contributed by atoms with Crippen LogP contribution in [0.25, 0.3) is 11.0 Å². The molecule has 2 aromatic heterocycles. The lowest BCUT2D eigenvalue weighted by Gasteiger charge is -2.05. The van der Waals surface area contributed by atoms with E-state index in [-0.39, 0.29) is 18.1 Å². The van der Waals surface area contributed by atoms with Crippen LogP contribution in [0.1, 0.15) is 13.3 Å². The zero-order valence-electron chi connectivity index (χ0n) is 13.2. The summed E-state index contributed by atoms with van der Waals surface area (Å²) in [5.41, 5.74) is 1.40. The first-order valence-corrected chi connectivity index (χ1v) is 8.07. The topological polar surface area (TPSA) is 68.9 Å². The van der Waals surface area contributed by atoms with Crippen molar-refractivity contribution in [2.24, 2.45) is 0 Å². The highest BCUT2D eigenvalue weighted by atomic mass is 35.5. The van der Waals surface area contributed by atoms with Crippen molar-refractivity contribution in [3.8, 4) is 0 Å². The number of nitrogens with zero attached hydrogens (tertiary/aromatic N) is 3. The van der Waals surface area contributed by atoms with Crippen LogP contribution in [0.2, 0.25) is 5.02 Å². The van der Waals surface area contributed by atoms with Crippen LogP contribution >= 0.6 is 11.6 Å². The molecule has 6 nitrogen and oxygen atoms in total. The van der Waals surface area contributed by atoms with E-state index in [2.05, 4.69) is 10.3 Å². The summed E-state index contributed by atoms with van der Waals surface area (Å²) >= 11 is 5.77. The van der Waals surface area contributed by atoms with Gasteiger partial charge in [0, 0.05) is 12.7 Å². The van der Waals surface area contributed by atoms with Crippen LogP contribution in [0.4, 0.5) is 5.82 Å². The van der Waals surface area contributed by atoms with Crippen molar-refractivity contribution < 1.29 is 4.79 Å². The summed E-state index contributed by atoms with van der Waals surface area (Å²) in [6.07, 6.45) is 2.30. The van der Waals surface area contributed by atoms with Crippen LogP contribution in [0, 0.1) is 0 Å². The first-order chi connectivity index (χ1) is 11.6. The van der Waals surface area contributed by atoms with Gasteiger partial charge in [0.2, 0.25) is 5.91 Å². The highest BCUT2D eigenvalue weighted by Crippen LogP contribution is 2.14. The van der Waals surface area contributed by atoms with Crippen LogP contribution in [0.15, 0.2) is 47.4 Å². The molecule has 0 aliphatic rings. The maximum Gasteiger partial charge on any atom is 0.329 e. The normalized spacial score (nSPS) is 10.9. The lowest BCUT2D eigenvalue weighted by atomic mass is 10.3. The van der Waals surface area contributed by atoms with E-state index < -0.39 is 0 Å². The Bertz CT molecular complexity index is 928. The molecule has 0 fully saturated rings. The number of fused-ring (bicyclic) bond motifs is 1.